The molecule has 2 rings (SSSR count). The van der Waals surface area contributed by atoms with Gasteiger partial charge in [0.1, 0.15) is 5.82 Å². The molecule has 1 aromatic rings. The zero-order valence-corrected chi connectivity index (χ0v) is 8.26. The number of aliphatic hydroxyl groups excluding tert-OH is 1. The van der Waals surface area contributed by atoms with Gasteiger partial charge in [-0.1, -0.05) is 6.08 Å². The fourth-order valence-electron chi connectivity index (χ4n) is 1.80. The van der Waals surface area contributed by atoms with Crippen LogP contribution in [-0.4, -0.2) is 21.3 Å². The number of nitrogens with zero attached hydrogens (tertiary/aromatic N) is 2. The summed E-state index contributed by atoms with van der Waals surface area (Å²) >= 11 is 0. The van der Waals surface area contributed by atoms with Crippen LogP contribution in [0.3, 0.4) is 0 Å². The van der Waals surface area contributed by atoms with Gasteiger partial charge in [-0.2, -0.15) is 4.98 Å². The van der Waals surface area contributed by atoms with Crippen LogP contribution in [0.1, 0.15) is 18.9 Å². The predicted molar refractivity (Wildman–Crippen MR) is 56.3 cm³/mol. The van der Waals surface area contributed by atoms with Gasteiger partial charge in [-0.3, -0.25) is 4.57 Å². The summed E-state index contributed by atoms with van der Waals surface area (Å²) in [6.07, 6.45) is 5.23. The highest BCUT2D eigenvalue weighted by Crippen LogP contribution is 2.26. The van der Waals surface area contributed by atoms with Crippen LogP contribution in [0, 0.1) is 0 Å². The third kappa shape index (κ3) is 1.92. The SMILES string of the molecule is Nc1ccn(C2C=C(CO)CC2)c(=O)n1. The Morgan fingerprint density at radius 1 is 1.67 bits per heavy atom. The zero-order valence-electron chi connectivity index (χ0n) is 8.26. The van der Waals surface area contributed by atoms with Gasteiger partial charge in [0, 0.05) is 6.20 Å². The first kappa shape index (κ1) is 9.92. The third-order valence-corrected chi connectivity index (χ3v) is 2.60. The van der Waals surface area contributed by atoms with E-state index in [0.717, 1.165) is 18.4 Å². The monoisotopic (exact) mass is 207 g/mol. The minimum absolute atomic E-state index is 0.00718. The predicted octanol–water partition coefficient (Wildman–Crippen LogP) is 0.0791. The Labute approximate surface area is 86.9 Å². The summed E-state index contributed by atoms with van der Waals surface area (Å²) in [5.74, 6) is 0.237. The Morgan fingerprint density at radius 3 is 3.07 bits per heavy atom. The summed E-state index contributed by atoms with van der Waals surface area (Å²) in [7, 11) is 0. The summed E-state index contributed by atoms with van der Waals surface area (Å²) in [4.78, 5) is 15.2. The highest BCUT2D eigenvalue weighted by atomic mass is 16.3. The first-order chi connectivity index (χ1) is 7.20. The van der Waals surface area contributed by atoms with Crippen molar-refractivity contribution in [3.05, 3.63) is 34.4 Å². The number of nitrogens with two attached hydrogens (primary N) is 1. The van der Waals surface area contributed by atoms with Crippen LogP contribution in [0.15, 0.2) is 28.7 Å². The second-order valence-corrected chi connectivity index (χ2v) is 3.63. The molecule has 0 spiro atoms. The number of nitrogen functional groups attached to an aromatic ring is 1. The first-order valence-corrected chi connectivity index (χ1v) is 4.86. The largest absolute Gasteiger partial charge is 0.392 e. The molecule has 1 atom stereocenters. The van der Waals surface area contributed by atoms with Crippen molar-refractivity contribution in [1.29, 1.82) is 0 Å². The normalized spacial score (nSPS) is 20.3. The van der Waals surface area contributed by atoms with E-state index in [4.69, 9.17) is 10.8 Å². The van der Waals surface area contributed by atoms with Crippen molar-refractivity contribution in [1.82, 2.24) is 9.55 Å². The summed E-state index contributed by atoms with van der Waals surface area (Å²) in [5, 5.41) is 8.95. The first-order valence-electron chi connectivity index (χ1n) is 4.86. The Balaban J connectivity index is 2.32. The van der Waals surface area contributed by atoms with Gasteiger partial charge in [-0.25, -0.2) is 4.79 Å². The fraction of sp³-hybridized carbons (Fsp3) is 0.400. The Kier molecular flexibility index (Phi) is 2.55. The van der Waals surface area contributed by atoms with Gasteiger partial charge in [0.25, 0.3) is 0 Å². The van der Waals surface area contributed by atoms with E-state index in [2.05, 4.69) is 4.98 Å². The van der Waals surface area contributed by atoms with Crippen molar-refractivity contribution in [3.63, 3.8) is 0 Å². The van der Waals surface area contributed by atoms with Gasteiger partial charge < -0.3 is 10.8 Å². The van der Waals surface area contributed by atoms with Crippen molar-refractivity contribution in [2.75, 3.05) is 12.3 Å². The molecule has 5 nitrogen and oxygen atoms in total. The molecule has 15 heavy (non-hydrogen) atoms. The Bertz CT molecular complexity index is 450. The van der Waals surface area contributed by atoms with Crippen LogP contribution in [-0.2, 0) is 0 Å². The molecule has 0 fully saturated rings. The third-order valence-electron chi connectivity index (χ3n) is 2.60. The molecule has 1 heterocycles. The summed E-state index contributed by atoms with van der Waals surface area (Å²) in [6, 6.07) is 1.61. The lowest BCUT2D eigenvalue weighted by atomic mass is 10.2. The highest BCUT2D eigenvalue weighted by molar-refractivity contribution is 5.24. The molecule has 80 valence electrons. The average molecular weight is 207 g/mol. The van der Waals surface area contributed by atoms with Crippen molar-refractivity contribution in [2.45, 2.75) is 18.9 Å². The van der Waals surface area contributed by atoms with Crippen molar-refractivity contribution in [3.8, 4) is 0 Å². The highest BCUT2D eigenvalue weighted by Gasteiger charge is 2.17. The molecule has 0 saturated heterocycles. The van der Waals surface area contributed by atoms with E-state index in [-0.39, 0.29) is 24.2 Å². The van der Waals surface area contributed by atoms with Crippen molar-refractivity contribution >= 4 is 5.82 Å². The molecule has 1 aromatic heterocycles. The molecule has 0 bridgehead atoms. The van der Waals surface area contributed by atoms with Crippen LogP contribution >= 0.6 is 0 Å². The lowest BCUT2D eigenvalue weighted by molar-refractivity contribution is 0.328. The lowest BCUT2D eigenvalue weighted by Gasteiger charge is -2.10. The second-order valence-electron chi connectivity index (χ2n) is 3.63. The quantitative estimate of drug-likeness (QED) is 0.673. The molecular formula is C10H13N3O2. The molecule has 1 unspecified atom stereocenters. The van der Waals surface area contributed by atoms with E-state index < -0.39 is 0 Å². The smallest absolute Gasteiger partial charge is 0.350 e. The van der Waals surface area contributed by atoms with Crippen LogP contribution in [0.5, 0.6) is 0 Å². The van der Waals surface area contributed by atoms with Gasteiger partial charge in [0.2, 0.25) is 0 Å². The van der Waals surface area contributed by atoms with Gasteiger partial charge in [-0.05, 0) is 24.5 Å². The lowest BCUT2D eigenvalue weighted by Crippen LogP contribution is -2.25. The van der Waals surface area contributed by atoms with Gasteiger partial charge in [0.15, 0.2) is 0 Å². The number of hydrogen-bond acceptors (Lipinski definition) is 4. The molecular weight excluding hydrogens is 194 g/mol. The average Bonchev–Trinajstić information content (AvgIpc) is 2.66. The molecule has 1 aliphatic rings. The molecule has 5 heteroatoms. The van der Waals surface area contributed by atoms with E-state index in [1.807, 2.05) is 6.08 Å². The van der Waals surface area contributed by atoms with Gasteiger partial charge in [0.05, 0.1) is 12.6 Å². The van der Waals surface area contributed by atoms with Crippen molar-refractivity contribution in [2.24, 2.45) is 0 Å². The van der Waals surface area contributed by atoms with Gasteiger partial charge >= 0.3 is 5.69 Å². The Hall–Kier alpha value is -1.62. The van der Waals surface area contributed by atoms with Crippen LogP contribution in [0.25, 0.3) is 0 Å². The van der Waals surface area contributed by atoms with Gasteiger partial charge in [-0.15, -0.1) is 0 Å². The number of aromatic nitrogens is 2. The van der Waals surface area contributed by atoms with Crippen molar-refractivity contribution < 1.29 is 5.11 Å². The van der Waals surface area contributed by atoms with E-state index >= 15 is 0 Å². The molecule has 0 radical (unpaired) electrons. The molecule has 0 amide bonds. The van der Waals surface area contributed by atoms with E-state index in [0.29, 0.717) is 0 Å². The van der Waals surface area contributed by atoms with Crippen LogP contribution < -0.4 is 11.4 Å². The number of hydrogen-bond donors (Lipinski definition) is 2. The maximum Gasteiger partial charge on any atom is 0.350 e. The van der Waals surface area contributed by atoms with E-state index in [9.17, 15) is 4.79 Å². The topological polar surface area (TPSA) is 81.1 Å². The minimum atomic E-state index is -0.338. The summed E-state index contributed by atoms with van der Waals surface area (Å²) in [5.41, 5.74) is 6.04. The number of anilines is 1. The van der Waals surface area contributed by atoms with E-state index in [1.54, 1.807) is 16.8 Å². The Morgan fingerprint density at radius 2 is 2.47 bits per heavy atom. The maximum absolute atomic E-state index is 11.5. The number of rotatable bonds is 2. The summed E-state index contributed by atoms with van der Waals surface area (Å²) in [6.45, 7) is 0.0631. The zero-order chi connectivity index (χ0) is 10.8. The number of aliphatic hydroxyl groups is 1. The maximum atomic E-state index is 11.5. The molecule has 0 saturated carbocycles. The fourth-order valence-corrected chi connectivity index (χ4v) is 1.80. The molecule has 0 aliphatic heterocycles. The van der Waals surface area contributed by atoms with Crippen LogP contribution in [0.4, 0.5) is 5.82 Å². The standard InChI is InChI=1S/C10H13N3O2/c11-9-3-4-13(10(15)12-9)8-2-1-7(5-8)6-14/h3-5,8,14H,1-2,6H2,(H2,11,12,15). The summed E-state index contributed by atoms with van der Waals surface area (Å²) < 4.78 is 1.54. The van der Waals surface area contributed by atoms with E-state index in [1.165, 1.54) is 0 Å². The minimum Gasteiger partial charge on any atom is -0.392 e. The van der Waals surface area contributed by atoms with Crippen LogP contribution in [0.2, 0.25) is 0 Å². The second kappa shape index (κ2) is 3.86. The molecule has 1 aliphatic carbocycles. The molecule has 0 aromatic carbocycles. The number of allylic oxidation sites excluding steroid dienone is 1. The molecule has 3 N–H and O–H groups in total.